The first-order chi connectivity index (χ1) is 10.8. The van der Waals surface area contributed by atoms with Gasteiger partial charge in [-0.1, -0.05) is 61.3 Å². The molecule has 0 unspecified atom stereocenters. The molecule has 140 valence electrons. The summed E-state index contributed by atoms with van der Waals surface area (Å²) in [7, 11) is -0.592. The predicted molar refractivity (Wildman–Crippen MR) is 112 cm³/mol. The second-order valence-corrected chi connectivity index (χ2v) is 18.2. The molecule has 0 atom stereocenters. The van der Waals surface area contributed by atoms with E-state index in [2.05, 4.69) is 75.5 Å². The third-order valence-electron chi connectivity index (χ3n) is 4.35. The Balaban J connectivity index is 0. The van der Waals surface area contributed by atoms with Crippen molar-refractivity contribution in [1.82, 2.24) is 0 Å². The van der Waals surface area contributed by atoms with E-state index < -0.39 is 8.15 Å². The van der Waals surface area contributed by atoms with Gasteiger partial charge in [0, 0.05) is 8.15 Å². The van der Waals surface area contributed by atoms with Crippen molar-refractivity contribution in [2.75, 3.05) is 12.3 Å². The second kappa shape index (κ2) is 16.8. The quantitative estimate of drug-likeness (QED) is 0.249. The molecule has 23 heavy (non-hydrogen) atoms. The molecule has 0 radical (unpaired) electrons. The zero-order valence-electron chi connectivity index (χ0n) is 15.7. The van der Waals surface area contributed by atoms with Crippen LogP contribution in [0.15, 0.2) is 0 Å². The molecule has 1 aromatic rings. The molecular formula is C18H34Br2IrOP. The van der Waals surface area contributed by atoms with Gasteiger partial charge in [-0.25, -0.2) is 0 Å². The van der Waals surface area contributed by atoms with Crippen molar-refractivity contribution in [2.24, 2.45) is 0 Å². The van der Waals surface area contributed by atoms with Crippen molar-refractivity contribution in [2.45, 2.75) is 74.1 Å². The summed E-state index contributed by atoms with van der Waals surface area (Å²) in [4.78, 5) is 9.38. The van der Waals surface area contributed by atoms with Crippen LogP contribution in [0.3, 0.4) is 0 Å². The maximum absolute atomic E-state index is 9.38. The van der Waals surface area contributed by atoms with Crippen LogP contribution in [0.2, 0.25) is 0 Å². The van der Waals surface area contributed by atoms with Crippen molar-refractivity contribution in [1.29, 1.82) is 0 Å². The molecule has 0 saturated carbocycles. The van der Waals surface area contributed by atoms with Gasteiger partial charge < -0.3 is 4.89 Å². The molecule has 1 rings (SSSR count). The van der Waals surface area contributed by atoms with Crippen LogP contribution in [0.4, 0.5) is 0 Å². The van der Waals surface area contributed by atoms with Crippen molar-refractivity contribution in [3.8, 4) is 0 Å². The molecule has 1 N–H and O–H groups in total. The van der Waals surface area contributed by atoms with Crippen LogP contribution in [0.25, 0.3) is 0 Å². The van der Waals surface area contributed by atoms with E-state index in [1.165, 1.54) is 53.5 Å². The van der Waals surface area contributed by atoms with Gasteiger partial charge >= 0.3 is 40.7 Å². The molecular weight excluding hydrogens is 615 g/mol. The third-order valence-corrected chi connectivity index (χ3v) is 6.02. The average Bonchev–Trinajstić information content (AvgIpc) is 2.70. The van der Waals surface area contributed by atoms with Crippen LogP contribution in [0.1, 0.15) is 67.3 Å². The van der Waals surface area contributed by atoms with Gasteiger partial charge in [0.2, 0.25) is 0 Å². The van der Waals surface area contributed by atoms with Crippen molar-refractivity contribution in [3.05, 3.63) is 27.8 Å². The molecule has 0 saturated heterocycles. The molecule has 0 bridgehead atoms. The predicted octanol–water partition coefficient (Wildman–Crippen LogP) is 7.61. The van der Waals surface area contributed by atoms with E-state index in [9.17, 15) is 4.89 Å². The first-order valence-corrected chi connectivity index (χ1v) is 20.4. The minimum atomic E-state index is -0.592. The van der Waals surface area contributed by atoms with Crippen LogP contribution in [-0.4, -0.2) is 17.2 Å². The SMILES string of the molecule is CCCCP(O)CCCC.Cc1c(C)c(C)[c-](C)c1C.[Br][Ir+][Br]. The number of halogens is 2. The molecule has 1 nitrogen and oxygen atoms in total. The summed E-state index contributed by atoms with van der Waals surface area (Å²) in [6.45, 7) is 15.3. The Morgan fingerprint density at radius 2 is 1.22 bits per heavy atom. The van der Waals surface area contributed by atoms with Crippen molar-refractivity contribution >= 4 is 35.1 Å². The summed E-state index contributed by atoms with van der Waals surface area (Å²) in [5, 5.41) is 0. The van der Waals surface area contributed by atoms with Crippen LogP contribution in [-0.2, 0) is 13.7 Å². The number of hydrogen-bond acceptors (Lipinski definition) is 1. The van der Waals surface area contributed by atoms with E-state index in [4.69, 9.17) is 0 Å². The number of unbranched alkanes of at least 4 members (excludes halogenated alkanes) is 2. The molecule has 0 aliphatic heterocycles. The molecule has 0 heterocycles. The Kier molecular flexibility index (Phi) is 19.4. The monoisotopic (exact) mass is 648 g/mol. The zero-order valence-corrected chi connectivity index (χ0v) is 22.2. The van der Waals surface area contributed by atoms with Gasteiger partial charge in [0.1, 0.15) is 0 Å². The van der Waals surface area contributed by atoms with Crippen LogP contribution in [0.5, 0.6) is 0 Å². The fraction of sp³-hybridized carbons (Fsp3) is 0.722. The number of rotatable bonds is 6. The van der Waals surface area contributed by atoms with Gasteiger partial charge in [0.05, 0.1) is 0 Å². The third kappa shape index (κ3) is 12.4. The minimum absolute atomic E-state index is 0.125. The van der Waals surface area contributed by atoms with Gasteiger partial charge in [0.15, 0.2) is 0 Å². The molecule has 1 aromatic carbocycles. The second-order valence-electron chi connectivity index (χ2n) is 5.83. The van der Waals surface area contributed by atoms with Crippen molar-refractivity contribution in [3.63, 3.8) is 0 Å². The Morgan fingerprint density at radius 1 is 0.913 bits per heavy atom. The summed E-state index contributed by atoms with van der Waals surface area (Å²) >= 11 is 6.50. The van der Waals surface area contributed by atoms with Gasteiger partial charge in [0.25, 0.3) is 0 Å². The topological polar surface area (TPSA) is 20.2 Å². The Labute approximate surface area is 167 Å². The molecule has 0 spiro atoms. The maximum atomic E-state index is 9.38. The van der Waals surface area contributed by atoms with E-state index in [0.29, 0.717) is 0 Å². The summed E-state index contributed by atoms with van der Waals surface area (Å²) in [6, 6.07) is 0. The summed E-state index contributed by atoms with van der Waals surface area (Å²) in [5.41, 5.74) is 7.34. The fourth-order valence-electron chi connectivity index (χ4n) is 2.20. The van der Waals surface area contributed by atoms with E-state index in [1.54, 1.807) is 0 Å². The van der Waals surface area contributed by atoms with Gasteiger partial charge in [-0.15, -0.1) is 0 Å². The molecule has 5 heteroatoms. The Bertz CT molecular complexity index is 320. The molecule has 0 aliphatic carbocycles. The Morgan fingerprint density at radius 3 is 1.39 bits per heavy atom. The normalized spacial score (nSPS) is 10.2. The standard InChI is InChI=1S/C10H15.C8H19OP.2BrH.Ir/c1-6-7(2)9(4)10(5)8(6)3;1-3-5-7-10(9)8-6-4-2;;;/h1-5H3;9H,3-8H2,1-2H3;2*1H;/q-1;;;;+3/p-2. The average molecular weight is 649 g/mol. The van der Waals surface area contributed by atoms with Crippen molar-refractivity contribution < 1.29 is 18.6 Å². The van der Waals surface area contributed by atoms with Gasteiger partial charge in [-0.05, 0) is 25.2 Å². The molecule has 0 amide bonds. The van der Waals surface area contributed by atoms with Crippen LogP contribution >= 0.6 is 35.1 Å². The first-order valence-electron chi connectivity index (χ1n) is 8.25. The zero-order chi connectivity index (χ0) is 18.4. The van der Waals surface area contributed by atoms with Crippen LogP contribution in [0, 0.1) is 34.6 Å². The van der Waals surface area contributed by atoms with Crippen LogP contribution < -0.4 is 0 Å². The summed E-state index contributed by atoms with van der Waals surface area (Å²) in [6.07, 6.45) is 6.95. The molecule has 0 aromatic heterocycles. The molecule has 0 fully saturated rings. The van der Waals surface area contributed by atoms with Gasteiger partial charge in [-0.3, -0.25) is 0 Å². The molecule has 0 aliphatic rings. The van der Waals surface area contributed by atoms with Gasteiger partial charge in [-0.2, -0.15) is 27.8 Å². The summed E-state index contributed by atoms with van der Waals surface area (Å²) in [5.74, 6) is 0. The fourth-order valence-corrected chi connectivity index (χ4v) is 3.79. The van der Waals surface area contributed by atoms with E-state index in [1.807, 2.05) is 0 Å². The summed E-state index contributed by atoms with van der Waals surface area (Å²) < 4.78 is 0. The van der Waals surface area contributed by atoms with E-state index in [-0.39, 0.29) is 13.7 Å². The Hall–Kier alpha value is 1.35. The van der Waals surface area contributed by atoms with E-state index >= 15 is 0 Å². The van der Waals surface area contributed by atoms with E-state index in [0.717, 1.165) is 12.3 Å². The number of hydrogen-bond donors (Lipinski definition) is 1. The first kappa shape index (κ1) is 26.6.